The number of nitrogens with one attached hydrogen (secondary N) is 7. The van der Waals surface area contributed by atoms with Crippen molar-refractivity contribution in [2.75, 3.05) is 26.6 Å². The van der Waals surface area contributed by atoms with Gasteiger partial charge >= 0.3 is 25.6 Å². The highest BCUT2D eigenvalue weighted by Crippen LogP contribution is 2.51. The number of amides is 8. The molecule has 43 nitrogen and oxygen atoms in total. The topological polar surface area (TPSA) is 662 Å². The summed E-state index contributed by atoms with van der Waals surface area (Å²) < 4.78 is 74.4. The first-order valence-corrected chi connectivity index (χ1v) is 46.7. The van der Waals surface area contributed by atoms with Crippen LogP contribution in [0.3, 0.4) is 0 Å². The van der Waals surface area contributed by atoms with E-state index >= 15 is 28.8 Å². The minimum atomic E-state index is -4.68. The second kappa shape index (κ2) is 43.8. The van der Waals surface area contributed by atoms with Gasteiger partial charge in [-0.3, -0.25) is 47.8 Å². The standard InChI is InChI=1S/C92H106Cl3N10O33P/c1-39(2)26-58(105(7)90(125)130-38-129-65(109)24-25-139(126,127)128)82(116)103-71-73(110)46-15-22-59(55(94)28-46)133-61-30-48-31-62(77(61)138-89-78(75(112)74(111)63(37-106)135-89)137-67-35-92(6,80(114)41(4)132-67)98-36-42-8-10-43(11-9-42)44-12-17-49(93)18-13-44)134-60-23-16-47(29-56(60)95)76(136-66-34-91(5,97)79(113)40(3)131-66)72-86(120)102-70(88(123)124)54-32-50(107)19-21-51(54)53-27-45(14-20-52(53)87(121)122)68(83(117)104-72)101-84(118)69(48)100-81(115)57(33-64(96)108)99-85(71)119/h8-23,27-32,39-41,57-58,63,66-76,78-80,87,89,98,106-107,110-114,121-122H,24-26,33-38,97H2,1-7H3,(H2,96,108)(H,99,119)(H,100,115)(H,101,118)(H,102,120)(H,103,116)(H,104,117)(H,123,124)(H2,126,127,128)/t40-,41-,57-,58+,63+,66-,67-,68+,69+,70-,71+,72-,73+,74+,75-,76+,78+,79-,80-,89-,91-,92-/m0/s1. The van der Waals surface area contributed by atoms with E-state index in [1.54, 1.807) is 39.8 Å². The van der Waals surface area contributed by atoms with E-state index in [0.717, 1.165) is 103 Å². The lowest BCUT2D eigenvalue weighted by Gasteiger charge is -2.48. The summed E-state index contributed by atoms with van der Waals surface area (Å²) in [4.78, 5) is 168. The molecule has 7 aromatic rings. The molecule has 748 valence electrons. The molecular formula is C92H106Cl3N10O33P. The molecule has 23 N–H and O–H groups in total. The van der Waals surface area contributed by atoms with Gasteiger partial charge in [-0.1, -0.05) is 115 Å². The van der Waals surface area contributed by atoms with Gasteiger partial charge in [0.1, 0.15) is 84.0 Å². The molecule has 3 saturated heterocycles. The van der Waals surface area contributed by atoms with Crippen LogP contribution in [0, 0.1) is 5.92 Å². The number of hydrogen-bond acceptors (Lipinski definition) is 32. The van der Waals surface area contributed by atoms with Crippen molar-refractivity contribution in [1.82, 2.24) is 42.1 Å². The monoisotopic (exact) mass is 2010 g/mol. The first-order chi connectivity index (χ1) is 65.6. The molecule has 8 aliphatic heterocycles. The molecule has 0 radical (unpaired) electrons. The van der Waals surface area contributed by atoms with Crippen LogP contribution in [0.15, 0.2) is 133 Å². The number of nitrogens with zero attached hydrogens (tertiary/aromatic N) is 1. The Morgan fingerprint density at radius 2 is 1.25 bits per heavy atom. The van der Waals surface area contributed by atoms with E-state index in [1.165, 1.54) is 19.9 Å². The lowest BCUT2D eigenvalue weighted by Crippen LogP contribution is -2.65. The fourth-order valence-corrected chi connectivity index (χ4v) is 18.1. The predicted octanol–water partition coefficient (Wildman–Crippen LogP) is 3.98. The SMILES string of the molecule is CC(C)C[C@H](C(=O)N[C@H]1C(=O)N[C@@H](CC(N)=O)C(=O)N[C@H]2C(=O)N[C@H]3C(=O)N[C@H](C(=O)N[C@H](C(=O)O)c4cc(O)ccc4-c4cc3ccc4C(O)O)[C@H](O[C@H]3C[C@](C)(N)[C@@H](O)[C@H](C)O3)c3ccc(c(Cl)c3)Oc3cc2cc(c3O[C@@H]2O[C@H](CO)[C@@H](O)[C@H](O)[C@H]2O[C@H]2C[C@](C)(NCc3ccc(-c4ccc(Cl)cc4)cc3)[C@@H](O)[C@H](C)O2)Oc2ccc(cc2Cl)[C@H]1O)N(C)C(=O)OCOC(=O)CCP(=O)(O)O. The van der Waals surface area contributed by atoms with Crippen LogP contribution in [-0.2, 0) is 87.4 Å². The Balaban J connectivity index is 0.999. The third-order valence-corrected chi connectivity index (χ3v) is 26.2. The van der Waals surface area contributed by atoms with Gasteiger partial charge in [0.25, 0.3) is 0 Å². The fraction of sp³-hybridized carbons (Fsp3) is 0.435. The van der Waals surface area contributed by atoms with Crippen LogP contribution in [0.5, 0.6) is 34.5 Å². The maximum absolute atomic E-state index is 16.8. The lowest BCUT2D eigenvalue weighted by molar-refractivity contribution is -0.334. The number of aliphatic hydroxyl groups is 8. The highest BCUT2D eigenvalue weighted by atomic mass is 35.5. The Hall–Kier alpha value is -11.3. The van der Waals surface area contributed by atoms with Crippen molar-refractivity contribution in [3.05, 3.63) is 187 Å². The van der Waals surface area contributed by atoms with Crippen molar-refractivity contribution < 1.29 is 161 Å². The maximum Gasteiger partial charge on any atom is 0.413 e. The van der Waals surface area contributed by atoms with Crippen LogP contribution in [0.1, 0.15) is 149 Å². The molecule has 139 heavy (non-hydrogen) atoms. The number of carbonyl (C=O) groups is 10. The summed E-state index contributed by atoms with van der Waals surface area (Å²) in [7, 11) is -3.62. The van der Waals surface area contributed by atoms with E-state index in [1.807, 2.05) is 36.4 Å². The number of likely N-dealkylation sites (N-methyl/N-ethyl adjacent to an activating group) is 1. The first-order valence-electron chi connectivity index (χ1n) is 43.8. The molecule has 8 aliphatic rings. The number of fused-ring (bicyclic) bond motifs is 15. The lowest BCUT2D eigenvalue weighted by atomic mass is 9.84. The van der Waals surface area contributed by atoms with Gasteiger partial charge in [0.05, 0.1) is 60.1 Å². The normalized spacial score (nSPS) is 28.0. The molecule has 0 aliphatic carbocycles. The van der Waals surface area contributed by atoms with Crippen molar-refractivity contribution in [2.24, 2.45) is 17.4 Å². The smallest absolute Gasteiger partial charge is 0.413 e. The van der Waals surface area contributed by atoms with Crippen molar-refractivity contribution in [3.8, 4) is 56.8 Å². The number of carboxylic acid groups (broad SMARTS) is 1. The van der Waals surface area contributed by atoms with Gasteiger partial charge < -0.3 is 157 Å². The predicted molar refractivity (Wildman–Crippen MR) is 487 cm³/mol. The average Bonchev–Trinajstić information content (AvgIpc) is 0.764. The van der Waals surface area contributed by atoms with Crippen LogP contribution < -0.4 is 62.9 Å². The minimum absolute atomic E-state index is 0.157. The summed E-state index contributed by atoms with van der Waals surface area (Å²) in [5.41, 5.74) is 9.39. The van der Waals surface area contributed by atoms with Crippen molar-refractivity contribution in [2.45, 2.75) is 220 Å². The third-order valence-electron chi connectivity index (χ3n) is 24.6. The number of carbonyl (C=O) groups excluding carboxylic acids is 9. The number of aromatic hydroxyl groups is 1. The van der Waals surface area contributed by atoms with Crippen LogP contribution in [-0.4, -0.2) is 255 Å². The number of carboxylic acids is 1. The van der Waals surface area contributed by atoms with E-state index in [9.17, 15) is 84.6 Å². The van der Waals surface area contributed by atoms with Gasteiger partial charge in [-0.05, 0) is 162 Å². The molecule has 22 atom stereocenters. The number of aliphatic hydroxyl groups excluding tert-OH is 7. The number of benzene rings is 7. The molecule has 8 heterocycles. The summed E-state index contributed by atoms with van der Waals surface area (Å²) in [5, 5.41) is 134. The number of aliphatic carboxylic acids is 1. The molecule has 8 amide bonds. The highest BCUT2D eigenvalue weighted by Gasteiger charge is 2.54. The van der Waals surface area contributed by atoms with Gasteiger partial charge in [0, 0.05) is 48.1 Å². The van der Waals surface area contributed by atoms with Gasteiger partial charge in [0.15, 0.2) is 42.5 Å². The molecular weight excluding hydrogens is 1910 g/mol. The first kappa shape index (κ1) is 105. The number of rotatable bonds is 25. The summed E-state index contributed by atoms with van der Waals surface area (Å²) in [6.07, 6.45) is -30.0. The Kier molecular flexibility index (Phi) is 33.1. The number of primary amides is 1. The Morgan fingerprint density at radius 1 is 0.655 bits per heavy atom. The van der Waals surface area contributed by atoms with Crippen LogP contribution >= 0.6 is 42.4 Å². The maximum atomic E-state index is 16.8. The third kappa shape index (κ3) is 24.6. The van der Waals surface area contributed by atoms with Crippen LogP contribution in [0.25, 0.3) is 22.3 Å². The minimum Gasteiger partial charge on any atom is -0.508 e. The number of halogens is 3. The summed E-state index contributed by atoms with van der Waals surface area (Å²) in [5.74, 6) is -17.2. The second-order valence-electron chi connectivity index (χ2n) is 35.5. The zero-order valence-corrected chi connectivity index (χ0v) is 78.6. The van der Waals surface area contributed by atoms with E-state index in [-0.39, 0.29) is 53.6 Å². The largest absolute Gasteiger partial charge is 0.508 e. The Morgan fingerprint density at radius 3 is 1.86 bits per heavy atom. The second-order valence-corrected chi connectivity index (χ2v) is 38.5. The van der Waals surface area contributed by atoms with Crippen molar-refractivity contribution in [1.29, 1.82) is 0 Å². The summed E-state index contributed by atoms with van der Waals surface area (Å²) in [6.45, 7) is 7.34. The van der Waals surface area contributed by atoms with E-state index in [0.29, 0.717) is 9.92 Å². The summed E-state index contributed by atoms with van der Waals surface area (Å²) >= 11 is 20.9. The van der Waals surface area contributed by atoms with E-state index in [2.05, 4.69) is 37.2 Å². The molecule has 11 bridgehead atoms. The number of hydrogen-bond donors (Lipinski definition) is 21. The number of esters is 1. The van der Waals surface area contributed by atoms with Gasteiger partial charge in [0.2, 0.25) is 60.2 Å². The van der Waals surface area contributed by atoms with Crippen LogP contribution in [0.2, 0.25) is 15.1 Å². The number of nitrogens with two attached hydrogens (primary N) is 2. The van der Waals surface area contributed by atoms with Crippen molar-refractivity contribution >= 4 is 102 Å². The molecule has 0 unspecified atom stereocenters. The van der Waals surface area contributed by atoms with E-state index in [4.69, 9.17) is 93.6 Å². The number of phenols is 1. The number of ether oxygens (including phenoxy) is 10. The fourth-order valence-electron chi connectivity index (χ4n) is 17.1. The molecule has 0 spiro atoms. The highest BCUT2D eigenvalue weighted by molar-refractivity contribution is 7.51. The molecule has 0 saturated carbocycles. The Bertz CT molecular complexity index is 5830. The average molecular weight is 2020 g/mol. The zero-order valence-electron chi connectivity index (χ0n) is 75.4. The van der Waals surface area contributed by atoms with Crippen molar-refractivity contribution in [3.63, 3.8) is 0 Å². The van der Waals surface area contributed by atoms with Crippen LogP contribution in [0.4, 0.5) is 4.79 Å². The molecule has 47 heteroatoms. The zero-order chi connectivity index (χ0) is 101. The van der Waals surface area contributed by atoms with Gasteiger partial charge in [-0.2, -0.15) is 0 Å². The summed E-state index contributed by atoms with van der Waals surface area (Å²) in [6, 6.07) is 14.2. The Labute approximate surface area is 808 Å². The van der Waals surface area contributed by atoms with E-state index < -0.39 is 306 Å². The number of phenolic OH excluding ortho intramolecular Hbond substituents is 1. The molecule has 3 fully saturated rings. The van der Waals surface area contributed by atoms with Gasteiger partial charge in [-0.25, -0.2) is 9.59 Å². The molecule has 15 rings (SSSR count). The molecule has 7 aromatic carbocycles. The molecule has 0 aromatic heterocycles. The van der Waals surface area contributed by atoms with Gasteiger partial charge in [-0.15, -0.1) is 0 Å². The quantitative estimate of drug-likeness (QED) is 0.0218.